The Kier molecular flexibility index (Phi) is 4.25. The molecular formula is C11H16N2O3S. The van der Waals surface area contributed by atoms with E-state index in [1.165, 1.54) is 7.05 Å². The summed E-state index contributed by atoms with van der Waals surface area (Å²) < 4.78 is 26.6. The van der Waals surface area contributed by atoms with E-state index >= 15 is 0 Å². The molecule has 0 aliphatic heterocycles. The van der Waals surface area contributed by atoms with Crippen LogP contribution >= 0.6 is 0 Å². The van der Waals surface area contributed by atoms with Crippen molar-refractivity contribution >= 4 is 16.1 Å². The lowest BCUT2D eigenvalue weighted by Crippen LogP contribution is -2.44. The third-order valence-corrected chi connectivity index (χ3v) is 3.99. The molecule has 1 aromatic rings. The van der Waals surface area contributed by atoms with Crippen LogP contribution in [0.2, 0.25) is 0 Å². The fraction of sp³-hybridized carbons (Fsp3) is 0.364. The highest BCUT2D eigenvalue weighted by Gasteiger charge is 2.23. The molecule has 0 unspecified atom stereocenters. The minimum atomic E-state index is -3.77. The standard InChI is InChI=1S/C11H16N2O3S/c1-9(2)13(3)17(15,16)12-11(14)10-7-5-4-6-8-10/h4-9H,1-3H3,(H,12,14). The van der Waals surface area contributed by atoms with Gasteiger partial charge in [0, 0.05) is 18.7 Å². The molecule has 5 nitrogen and oxygen atoms in total. The maximum atomic E-state index is 11.7. The van der Waals surface area contributed by atoms with Gasteiger partial charge in [-0.15, -0.1) is 0 Å². The number of nitrogens with zero attached hydrogens (tertiary/aromatic N) is 1. The first kappa shape index (κ1) is 13.7. The first-order valence-corrected chi connectivity index (χ1v) is 6.64. The molecule has 0 aliphatic carbocycles. The summed E-state index contributed by atoms with van der Waals surface area (Å²) in [6.45, 7) is 3.46. The minimum Gasteiger partial charge on any atom is -0.268 e. The van der Waals surface area contributed by atoms with Gasteiger partial charge < -0.3 is 0 Å². The van der Waals surface area contributed by atoms with Crippen LogP contribution in [0, 0.1) is 0 Å². The molecule has 1 amide bonds. The molecule has 94 valence electrons. The third kappa shape index (κ3) is 3.54. The van der Waals surface area contributed by atoms with Gasteiger partial charge in [-0.1, -0.05) is 18.2 Å². The Morgan fingerprint density at radius 2 is 1.76 bits per heavy atom. The second kappa shape index (κ2) is 5.29. The van der Waals surface area contributed by atoms with Crippen LogP contribution < -0.4 is 4.72 Å². The number of hydrogen-bond donors (Lipinski definition) is 1. The molecule has 0 heterocycles. The summed E-state index contributed by atoms with van der Waals surface area (Å²) in [7, 11) is -2.35. The van der Waals surface area contributed by atoms with E-state index < -0.39 is 16.1 Å². The SMILES string of the molecule is CC(C)N(C)S(=O)(=O)NC(=O)c1ccccc1. The normalized spacial score (nSPS) is 11.8. The topological polar surface area (TPSA) is 66.5 Å². The van der Waals surface area contributed by atoms with E-state index in [0.29, 0.717) is 5.56 Å². The van der Waals surface area contributed by atoms with E-state index in [-0.39, 0.29) is 6.04 Å². The van der Waals surface area contributed by atoms with Gasteiger partial charge in [0.25, 0.3) is 5.91 Å². The molecule has 0 fully saturated rings. The summed E-state index contributed by atoms with van der Waals surface area (Å²) in [6, 6.07) is 8.00. The molecule has 6 heteroatoms. The van der Waals surface area contributed by atoms with Crippen molar-refractivity contribution in [2.24, 2.45) is 0 Å². The fourth-order valence-electron chi connectivity index (χ4n) is 1.12. The van der Waals surface area contributed by atoms with Gasteiger partial charge in [-0.2, -0.15) is 12.7 Å². The average molecular weight is 256 g/mol. The Morgan fingerprint density at radius 3 is 2.24 bits per heavy atom. The van der Waals surface area contributed by atoms with E-state index in [0.717, 1.165) is 4.31 Å². The number of hydrogen-bond acceptors (Lipinski definition) is 3. The predicted octanol–water partition coefficient (Wildman–Crippen LogP) is 1.00. The summed E-state index contributed by atoms with van der Waals surface area (Å²) in [5.41, 5.74) is 0.313. The van der Waals surface area contributed by atoms with Crippen molar-refractivity contribution in [1.82, 2.24) is 9.03 Å². The lowest BCUT2D eigenvalue weighted by atomic mass is 10.2. The number of nitrogens with one attached hydrogen (secondary N) is 1. The third-order valence-electron chi connectivity index (χ3n) is 2.36. The van der Waals surface area contributed by atoms with Crippen molar-refractivity contribution in [1.29, 1.82) is 0 Å². The van der Waals surface area contributed by atoms with E-state index in [4.69, 9.17) is 0 Å². The van der Waals surface area contributed by atoms with E-state index in [9.17, 15) is 13.2 Å². The number of carbonyl (C=O) groups excluding carboxylic acids is 1. The van der Waals surface area contributed by atoms with Crippen LogP contribution in [0.4, 0.5) is 0 Å². The molecule has 0 spiro atoms. The Labute approximate surface area is 102 Å². The highest BCUT2D eigenvalue weighted by Crippen LogP contribution is 2.03. The van der Waals surface area contributed by atoms with Crippen molar-refractivity contribution in [3.63, 3.8) is 0 Å². The Morgan fingerprint density at radius 1 is 1.24 bits per heavy atom. The van der Waals surface area contributed by atoms with Gasteiger partial charge in [0.05, 0.1) is 0 Å². The van der Waals surface area contributed by atoms with Gasteiger partial charge in [-0.05, 0) is 26.0 Å². The lowest BCUT2D eigenvalue weighted by Gasteiger charge is -2.20. The van der Waals surface area contributed by atoms with Crippen LogP contribution in [0.5, 0.6) is 0 Å². The highest BCUT2D eigenvalue weighted by atomic mass is 32.2. The molecule has 0 radical (unpaired) electrons. The van der Waals surface area contributed by atoms with Crippen molar-refractivity contribution < 1.29 is 13.2 Å². The molecule has 0 bridgehead atoms. The van der Waals surface area contributed by atoms with Crippen molar-refractivity contribution in [3.05, 3.63) is 35.9 Å². The summed E-state index contributed by atoms with van der Waals surface area (Å²) in [5, 5.41) is 0. The molecule has 0 saturated carbocycles. The van der Waals surface area contributed by atoms with Gasteiger partial charge in [0.1, 0.15) is 0 Å². The van der Waals surface area contributed by atoms with E-state index in [2.05, 4.69) is 0 Å². The molecule has 0 aromatic heterocycles. The second-order valence-corrected chi connectivity index (χ2v) is 5.64. The number of amides is 1. The number of benzene rings is 1. The zero-order valence-electron chi connectivity index (χ0n) is 10.0. The maximum absolute atomic E-state index is 11.7. The summed E-state index contributed by atoms with van der Waals surface area (Å²) in [5.74, 6) is -0.627. The second-order valence-electron chi connectivity index (χ2n) is 3.91. The average Bonchev–Trinajstić information content (AvgIpc) is 2.28. The van der Waals surface area contributed by atoms with Gasteiger partial charge in [-0.3, -0.25) is 4.79 Å². The van der Waals surface area contributed by atoms with E-state index in [1.807, 2.05) is 4.72 Å². The molecule has 0 saturated heterocycles. The number of rotatable bonds is 4. The van der Waals surface area contributed by atoms with Crippen LogP contribution in [0.1, 0.15) is 24.2 Å². The van der Waals surface area contributed by atoms with Crippen molar-refractivity contribution in [2.45, 2.75) is 19.9 Å². The molecule has 17 heavy (non-hydrogen) atoms. The van der Waals surface area contributed by atoms with Gasteiger partial charge in [0.15, 0.2) is 0 Å². The van der Waals surface area contributed by atoms with Crippen molar-refractivity contribution in [2.75, 3.05) is 7.05 Å². The maximum Gasteiger partial charge on any atom is 0.304 e. The van der Waals surface area contributed by atoms with Crippen molar-refractivity contribution in [3.8, 4) is 0 Å². The van der Waals surface area contributed by atoms with Gasteiger partial charge in [-0.25, -0.2) is 4.72 Å². The van der Waals surface area contributed by atoms with Gasteiger partial charge >= 0.3 is 10.2 Å². The van der Waals surface area contributed by atoms with Crippen LogP contribution in [0.15, 0.2) is 30.3 Å². The quantitative estimate of drug-likeness (QED) is 0.874. The Balaban J connectivity index is 2.83. The summed E-state index contributed by atoms with van der Waals surface area (Å²) in [6.07, 6.45) is 0. The van der Waals surface area contributed by atoms with Crippen LogP contribution in [0.25, 0.3) is 0 Å². The highest BCUT2D eigenvalue weighted by molar-refractivity contribution is 7.87. The first-order chi connectivity index (χ1) is 7.84. The summed E-state index contributed by atoms with van der Waals surface area (Å²) in [4.78, 5) is 11.7. The smallest absolute Gasteiger partial charge is 0.268 e. The van der Waals surface area contributed by atoms with Gasteiger partial charge in [0.2, 0.25) is 0 Å². The zero-order valence-corrected chi connectivity index (χ0v) is 10.9. The summed E-state index contributed by atoms with van der Waals surface area (Å²) >= 11 is 0. The van der Waals surface area contributed by atoms with Crippen LogP contribution in [0.3, 0.4) is 0 Å². The molecular weight excluding hydrogens is 240 g/mol. The lowest BCUT2D eigenvalue weighted by molar-refractivity contribution is 0.0979. The first-order valence-electron chi connectivity index (χ1n) is 5.19. The zero-order chi connectivity index (χ0) is 13.1. The molecule has 1 N–H and O–H groups in total. The van der Waals surface area contributed by atoms with Crippen LogP contribution in [-0.2, 0) is 10.2 Å². The molecule has 1 aromatic carbocycles. The molecule has 1 rings (SSSR count). The Bertz CT molecular complexity index is 483. The largest absolute Gasteiger partial charge is 0.304 e. The molecule has 0 atom stereocenters. The monoisotopic (exact) mass is 256 g/mol. The fourth-order valence-corrected chi connectivity index (χ4v) is 2.17. The predicted molar refractivity (Wildman–Crippen MR) is 65.7 cm³/mol. The number of carbonyl (C=O) groups is 1. The van der Waals surface area contributed by atoms with E-state index in [1.54, 1.807) is 44.2 Å². The Hall–Kier alpha value is -1.40. The molecule has 0 aliphatic rings. The minimum absolute atomic E-state index is 0.212. The van der Waals surface area contributed by atoms with Crippen LogP contribution in [-0.4, -0.2) is 31.7 Å².